The average Bonchev–Trinajstić information content (AvgIpc) is 2.95. The number of nitrogens with two attached hydrogens (primary N) is 1. The molecule has 0 radical (unpaired) electrons. The van der Waals surface area contributed by atoms with Crippen molar-refractivity contribution in [2.75, 3.05) is 20.3 Å². The predicted octanol–water partition coefficient (Wildman–Crippen LogP) is 5.09. The van der Waals surface area contributed by atoms with Gasteiger partial charge in [-0.05, 0) is 49.4 Å². The molecule has 1 saturated carbocycles. The summed E-state index contributed by atoms with van der Waals surface area (Å²) in [6, 6.07) is 14.9. The van der Waals surface area contributed by atoms with Gasteiger partial charge in [0.1, 0.15) is 5.75 Å². The van der Waals surface area contributed by atoms with Crippen molar-refractivity contribution in [1.29, 1.82) is 0 Å². The van der Waals surface area contributed by atoms with Crippen molar-refractivity contribution in [2.45, 2.75) is 76.9 Å². The standard InChI is InChI=1S/C30H40N4O4/c1-3-18-38-29(36)28(22-11-6-4-7-12-22)34-21-23-20-25(16-17-26(23)32-30(34)31)37-19-10-15-27(35)33(2)24-13-8-5-9-14-24/h4,6-7,11-12,16-17,20,24,28H,3,5,8-10,13-15,18-19,21H2,1-2H3,(H2,31,32). The molecule has 2 N–H and O–H groups in total. The maximum atomic E-state index is 13.1. The summed E-state index contributed by atoms with van der Waals surface area (Å²) in [6.45, 7) is 3.16. The Morgan fingerprint density at radius 2 is 1.87 bits per heavy atom. The van der Waals surface area contributed by atoms with Crippen LogP contribution in [0.2, 0.25) is 0 Å². The lowest BCUT2D eigenvalue weighted by Gasteiger charge is -2.34. The number of carbonyl (C=O) groups excluding carboxylic acids is 2. The van der Waals surface area contributed by atoms with Crippen LogP contribution in [0.1, 0.15) is 75.5 Å². The second kappa shape index (κ2) is 13.3. The highest BCUT2D eigenvalue weighted by atomic mass is 16.5. The molecule has 0 spiro atoms. The third kappa shape index (κ3) is 6.85. The fourth-order valence-electron chi connectivity index (χ4n) is 5.19. The molecule has 0 saturated heterocycles. The highest BCUT2D eigenvalue weighted by Gasteiger charge is 2.33. The fraction of sp³-hybridized carbons (Fsp3) is 0.500. The molecule has 2 aromatic rings. The summed E-state index contributed by atoms with van der Waals surface area (Å²) in [5.74, 6) is 0.814. The average molecular weight is 521 g/mol. The van der Waals surface area contributed by atoms with Crippen LogP contribution < -0.4 is 10.5 Å². The van der Waals surface area contributed by atoms with E-state index in [4.69, 9.17) is 15.2 Å². The van der Waals surface area contributed by atoms with E-state index in [9.17, 15) is 9.59 Å². The number of carbonyl (C=O) groups is 2. The summed E-state index contributed by atoms with van der Waals surface area (Å²) < 4.78 is 11.5. The number of hydrogen-bond donors (Lipinski definition) is 1. The van der Waals surface area contributed by atoms with E-state index in [0.29, 0.717) is 44.4 Å². The third-order valence-corrected chi connectivity index (χ3v) is 7.34. The largest absolute Gasteiger partial charge is 0.494 e. The first-order valence-corrected chi connectivity index (χ1v) is 13.8. The third-order valence-electron chi connectivity index (χ3n) is 7.34. The van der Waals surface area contributed by atoms with Crippen LogP contribution in [0.4, 0.5) is 5.69 Å². The monoisotopic (exact) mass is 520 g/mol. The molecule has 1 aliphatic heterocycles. The summed E-state index contributed by atoms with van der Waals surface area (Å²) in [5, 5.41) is 0. The second-order valence-corrected chi connectivity index (χ2v) is 10.1. The van der Waals surface area contributed by atoms with Crippen molar-refractivity contribution in [2.24, 2.45) is 10.7 Å². The van der Waals surface area contributed by atoms with Gasteiger partial charge in [0.05, 0.1) is 18.9 Å². The van der Waals surface area contributed by atoms with Crippen molar-refractivity contribution in [3.05, 3.63) is 59.7 Å². The number of rotatable bonds is 11. The minimum Gasteiger partial charge on any atom is -0.494 e. The zero-order valence-corrected chi connectivity index (χ0v) is 22.6. The number of ether oxygens (including phenoxy) is 2. The number of amides is 1. The highest BCUT2D eigenvalue weighted by molar-refractivity contribution is 5.89. The Bertz CT molecular complexity index is 1110. The van der Waals surface area contributed by atoms with Crippen molar-refractivity contribution < 1.29 is 19.1 Å². The van der Waals surface area contributed by atoms with E-state index >= 15 is 0 Å². The Morgan fingerprint density at radius 3 is 2.61 bits per heavy atom. The number of fused-ring (bicyclic) bond motifs is 1. The zero-order chi connectivity index (χ0) is 26.9. The first-order chi connectivity index (χ1) is 18.5. The normalized spacial score (nSPS) is 16.3. The first-order valence-electron chi connectivity index (χ1n) is 13.8. The van der Waals surface area contributed by atoms with Crippen molar-refractivity contribution in [3.63, 3.8) is 0 Å². The van der Waals surface area contributed by atoms with Crippen molar-refractivity contribution >= 4 is 23.5 Å². The topological polar surface area (TPSA) is 97.5 Å². The van der Waals surface area contributed by atoms with Gasteiger partial charge in [0.25, 0.3) is 0 Å². The molecule has 1 unspecified atom stereocenters. The molecular weight excluding hydrogens is 480 g/mol. The lowest BCUT2D eigenvalue weighted by molar-refractivity contribution is -0.149. The van der Waals surface area contributed by atoms with Gasteiger partial charge in [0.2, 0.25) is 5.91 Å². The Balaban J connectivity index is 1.38. The van der Waals surface area contributed by atoms with Crippen molar-refractivity contribution in [1.82, 2.24) is 9.80 Å². The molecule has 38 heavy (non-hydrogen) atoms. The molecule has 4 rings (SSSR count). The summed E-state index contributed by atoms with van der Waals surface area (Å²) >= 11 is 0. The van der Waals surface area contributed by atoms with E-state index in [1.54, 1.807) is 4.90 Å². The Labute approximate surface area is 225 Å². The first kappa shape index (κ1) is 27.5. The fourth-order valence-corrected chi connectivity index (χ4v) is 5.19. The van der Waals surface area contributed by atoms with Crippen LogP contribution >= 0.6 is 0 Å². The molecule has 1 aliphatic carbocycles. The molecule has 1 amide bonds. The summed E-state index contributed by atoms with van der Waals surface area (Å²) in [4.78, 5) is 34.0. The lowest BCUT2D eigenvalue weighted by atomic mass is 9.94. The van der Waals surface area contributed by atoms with Gasteiger partial charge in [-0.2, -0.15) is 0 Å². The highest BCUT2D eigenvalue weighted by Crippen LogP contribution is 2.34. The molecule has 1 atom stereocenters. The van der Waals surface area contributed by atoms with Gasteiger partial charge in [-0.1, -0.05) is 56.5 Å². The van der Waals surface area contributed by atoms with Gasteiger partial charge < -0.3 is 25.0 Å². The van der Waals surface area contributed by atoms with Gasteiger partial charge in [-0.15, -0.1) is 0 Å². The second-order valence-electron chi connectivity index (χ2n) is 10.1. The molecule has 1 heterocycles. The van der Waals surface area contributed by atoms with Gasteiger partial charge in [-0.3, -0.25) is 4.79 Å². The van der Waals surface area contributed by atoms with E-state index in [1.807, 2.05) is 67.4 Å². The summed E-state index contributed by atoms with van der Waals surface area (Å²) in [6.07, 6.45) is 7.79. The minimum atomic E-state index is -0.698. The smallest absolute Gasteiger partial charge is 0.333 e. The summed E-state index contributed by atoms with van der Waals surface area (Å²) in [7, 11) is 1.93. The Morgan fingerprint density at radius 1 is 1.11 bits per heavy atom. The Hall–Kier alpha value is -3.55. The van der Waals surface area contributed by atoms with Gasteiger partial charge in [0.15, 0.2) is 12.0 Å². The Kier molecular flexibility index (Phi) is 9.62. The number of guanidine groups is 1. The predicted molar refractivity (Wildman–Crippen MR) is 148 cm³/mol. The molecular formula is C30H40N4O4. The van der Waals surface area contributed by atoms with Crippen molar-refractivity contribution in [3.8, 4) is 5.75 Å². The summed E-state index contributed by atoms with van der Waals surface area (Å²) in [5.41, 5.74) is 8.80. The molecule has 8 nitrogen and oxygen atoms in total. The van der Waals surface area contributed by atoms with Crippen LogP contribution in [-0.4, -0.2) is 53.9 Å². The zero-order valence-electron chi connectivity index (χ0n) is 22.6. The van der Waals surface area contributed by atoms with Crippen LogP contribution in [-0.2, 0) is 20.9 Å². The van der Waals surface area contributed by atoms with Crippen LogP contribution in [0.3, 0.4) is 0 Å². The quantitative estimate of drug-likeness (QED) is 0.327. The van der Waals surface area contributed by atoms with E-state index in [1.165, 1.54) is 19.3 Å². The molecule has 0 bridgehead atoms. The van der Waals surface area contributed by atoms with Crippen LogP contribution in [0.25, 0.3) is 0 Å². The van der Waals surface area contributed by atoms with E-state index in [-0.39, 0.29) is 17.8 Å². The number of benzene rings is 2. The van der Waals surface area contributed by atoms with Gasteiger partial charge in [0, 0.05) is 31.6 Å². The molecule has 0 aromatic heterocycles. The molecule has 204 valence electrons. The number of hydrogen-bond acceptors (Lipinski definition) is 7. The van der Waals surface area contributed by atoms with Gasteiger partial charge >= 0.3 is 5.97 Å². The van der Waals surface area contributed by atoms with Gasteiger partial charge in [-0.25, -0.2) is 9.79 Å². The molecule has 2 aromatic carbocycles. The number of aliphatic imine (C=N–C) groups is 1. The van der Waals surface area contributed by atoms with E-state index in [2.05, 4.69) is 4.99 Å². The van der Waals surface area contributed by atoms with E-state index in [0.717, 1.165) is 36.1 Å². The minimum absolute atomic E-state index is 0.188. The molecule has 1 fully saturated rings. The number of nitrogens with zero attached hydrogens (tertiary/aromatic N) is 3. The van der Waals surface area contributed by atoms with Crippen LogP contribution in [0.5, 0.6) is 5.75 Å². The SMILES string of the molecule is CCCOC(=O)C(c1ccccc1)N1Cc2cc(OCCCC(=O)N(C)C3CCCCC3)ccc2N=C1N. The number of esters is 1. The van der Waals surface area contributed by atoms with Crippen LogP contribution in [0, 0.1) is 0 Å². The molecule has 2 aliphatic rings. The maximum absolute atomic E-state index is 13.1. The maximum Gasteiger partial charge on any atom is 0.333 e. The van der Waals surface area contributed by atoms with E-state index < -0.39 is 6.04 Å². The van der Waals surface area contributed by atoms with Crippen LogP contribution in [0.15, 0.2) is 53.5 Å². The lowest BCUT2D eigenvalue weighted by Crippen LogP contribution is -2.44. The molecule has 8 heteroatoms.